The van der Waals surface area contributed by atoms with Crippen LogP contribution in [0.25, 0.3) is 0 Å². The second-order valence-electron chi connectivity index (χ2n) is 11.4. The summed E-state index contributed by atoms with van der Waals surface area (Å²) < 4.78 is 45.1. The lowest BCUT2D eigenvalue weighted by Gasteiger charge is -2.31. The van der Waals surface area contributed by atoms with Gasteiger partial charge in [-0.25, -0.2) is 18.4 Å². The summed E-state index contributed by atoms with van der Waals surface area (Å²) in [5, 5.41) is 0. The van der Waals surface area contributed by atoms with Crippen molar-refractivity contribution in [3.8, 4) is 5.75 Å². The van der Waals surface area contributed by atoms with Crippen LogP contribution >= 0.6 is 0 Å². The second kappa shape index (κ2) is 14.3. The van der Waals surface area contributed by atoms with E-state index >= 15 is 0 Å². The maximum Gasteiger partial charge on any atom is 0.341 e. The summed E-state index contributed by atoms with van der Waals surface area (Å²) in [5.74, 6) is -0.591. The zero-order valence-corrected chi connectivity index (χ0v) is 23.7. The van der Waals surface area contributed by atoms with Crippen LogP contribution in [0.2, 0.25) is 0 Å². The summed E-state index contributed by atoms with van der Waals surface area (Å²) >= 11 is 0. The lowest BCUT2D eigenvalue weighted by atomic mass is 9.79. The number of methoxy groups -OCH3 is 1. The molecule has 0 saturated heterocycles. The van der Waals surface area contributed by atoms with Gasteiger partial charge in [-0.1, -0.05) is 52.7 Å². The van der Waals surface area contributed by atoms with Crippen molar-refractivity contribution in [2.75, 3.05) is 7.11 Å². The number of hydrogen-bond acceptors (Lipinski definition) is 5. The molecule has 2 saturated carbocycles. The minimum Gasteiger partial charge on any atom is -0.496 e. The van der Waals surface area contributed by atoms with Crippen molar-refractivity contribution in [3.63, 3.8) is 0 Å². The fourth-order valence-corrected chi connectivity index (χ4v) is 5.66. The first kappa shape index (κ1) is 30.4. The number of alkyl halides is 2. The van der Waals surface area contributed by atoms with Crippen LogP contribution in [-0.2, 0) is 19.1 Å². The Morgan fingerprint density at radius 1 is 0.789 bits per heavy atom. The zero-order valence-electron chi connectivity index (χ0n) is 23.7. The number of hydrogen-bond donors (Lipinski definition) is 0. The van der Waals surface area contributed by atoms with Crippen LogP contribution in [0.3, 0.4) is 0 Å². The Balaban J connectivity index is 1.52. The van der Waals surface area contributed by atoms with Crippen molar-refractivity contribution < 1.29 is 32.6 Å². The average molecular weight is 537 g/mol. The van der Waals surface area contributed by atoms with Gasteiger partial charge in [0, 0.05) is 0 Å². The van der Waals surface area contributed by atoms with Crippen LogP contribution in [0.15, 0.2) is 18.2 Å². The summed E-state index contributed by atoms with van der Waals surface area (Å²) in [5.41, 5.74) is 2.37. The molecule has 0 amide bonds. The molecule has 2 fully saturated rings. The van der Waals surface area contributed by atoms with Crippen LogP contribution in [0, 0.1) is 11.8 Å². The third-order valence-corrected chi connectivity index (χ3v) is 8.82. The van der Waals surface area contributed by atoms with E-state index in [4.69, 9.17) is 14.2 Å². The first-order chi connectivity index (χ1) is 18.2. The van der Waals surface area contributed by atoms with E-state index in [2.05, 4.69) is 18.2 Å². The zero-order chi connectivity index (χ0) is 27.8. The molecule has 0 bridgehead atoms. The van der Waals surface area contributed by atoms with E-state index in [9.17, 15) is 18.4 Å². The number of benzene rings is 1. The van der Waals surface area contributed by atoms with Crippen molar-refractivity contribution in [2.24, 2.45) is 11.8 Å². The first-order valence-electron chi connectivity index (χ1n) is 14.5. The molecule has 3 rings (SSSR count). The van der Waals surface area contributed by atoms with Crippen LogP contribution in [-0.4, -0.2) is 43.6 Å². The molecule has 0 aromatic heterocycles. The fourth-order valence-electron chi connectivity index (χ4n) is 5.66. The van der Waals surface area contributed by atoms with E-state index in [1.165, 1.54) is 5.56 Å². The number of carbonyl (C=O) groups is 2. The van der Waals surface area contributed by atoms with Gasteiger partial charge in [0.15, 0.2) is 12.3 Å². The Morgan fingerprint density at radius 2 is 1.24 bits per heavy atom. The lowest BCUT2D eigenvalue weighted by molar-refractivity contribution is -0.159. The minimum absolute atomic E-state index is 0.218. The third-order valence-electron chi connectivity index (χ3n) is 8.82. The Bertz CT molecular complexity index is 906. The van der Waals surface area contributed by atoms with Crippen molar-refractivity contribution in [3.05, 3.63) is 29.3 Å². The van der Waals surface area contributed by atoms with Gasteiger partial charge < -0.3 is 14.2 Å². The highest BCUT2D eigenvalue weighted by molar-refractivity contribution is 5.75. The maximum absolute atomic E-state index is 14.2. The van der Waals surface area contributed by atoms with Crippen molar-refractivity contribution in [1.82, 2.24) is 0 Å². The van der Waals surface area contributed by atoms with Crippen LogP contribution < -0.4 is 4.74 Å². The Labute approximate surface area is 227 Å². The number of rotatable bonds is 11. The molecule has 214 valence electrons. The van der Waals surface area contributed by atoms with Crippen LogP contribution in [0.1, 0.15) is 115 Å². The van der Waals surface area contributed by atoms with Crippen molar-refractivity contribution in [2.45, 2.75) is 128 Å². The van der Waals surface area contributed by atoms with Gasteiger partial charge >= 0.3 is 11.9 Å². The van der Waals surface area contributed by atoms with Gasteiger partial charge in [0.2, 0.25) is 0 Å². The fraction of sp³-hybridized carbons (Fsp3) is 0.742. The van der Waals surface area contributed by atoms with Crippen LogP contribution in [0.5, 0.6) is 5.75 Å². The Hall–Kier alpha value is -2.18. The number of halogens is 2. The maximum atomic E-state index is 14.2. The lowest BCUT2D eigenvalue weighted by Crippen LogP contribution is -2.31. The highest BCUT2D eigenvalue weighted by Crippen LogP contribution is 2.42. The first-order valence-corrected chi connectivity index (χ1v) is 14.5. The van der Waals surface area contributed by atoms with Gasteiger partial charge in [-0.2, -0.15) is 0 Å². The van der Waals surface area contributed by atoms with Gasteiger partial charge in [0.25, 0.3) is 0 Å². The van der Waals surface area contributed by atoms with E-state index in [1.807, 2.05) is 13.8 Å². The molecule has 1 aromatic rings. The molecule has 0 unspecified atom stereocenters. The summed E-state index contributed by atoms with van der Waals surface area (Å²) in [4.78, 5) is 24.3. The van der Waals surface area contributed by atoms with E-state index in [0.29, 0.717) is 37.5 Å². The standard InChI is InChI=1S/C31H46F2O5/c1-6-19(3)28(32)30(34)37-24-13-8-21(9-14-24)23-12-17-26(27(18-23)36-5)22-10-15-25(16-11-22)38-31(35)29(33)20(4)7-2/h12,17-22,24-25,28-29H,6-11,13-16H2,1-5H3/t19-,20-,21?,22?,24?,25?,28-,29-/m0/s1. The Morgan fingerprint density at radius 3 is 1.66 bits per heavy atom. The van der Waals surface area contributed by atoms with Gasteiger partial charge in [-0.3, -0.25) is 0 Å². The second-order valence-corrected chi connectivity index (χ2v) is 11.4. The SMILES string of the molecule is CC[C@H](C)[C@H](F)C(=O)OC1CCC(c2ccc(C3CCC(OC(=O)[C@@H](F)[C@@H](C)CC)CC3)c(OC)c2)CC1. The van der Waals surface area contributed by atoms with Gasteiger partial charge in [-0.15, -0.1) is 0 Å². The summed E-state index contributed by atoms with van der Waals surface area (Å²) in [6, 6.07) is 6.44. The quantitative estimate of drug-likeness (QED) is 0.273. The van der Waals surface area contributed by atoms with Crippen molar-refractivity contribution in [1.29, 1.82) is 0 Å². The summed E-state index contributed by atoms with van der Waals surface area (Å²) in [7, 11) is 1.69. The number of carbonyl (C=O) groups excluding carboxylic acids is 2. The van der Waals surface area contributed by atoms with Crippen LogP contribution in [0.4, 0.5) is 8.78 Å². The molecule has 7 heteroatoms. The summed E-state index contributed by atoms with van der Waals surface area (Å²) in [6.07, 6.45) is 4.01. The normalized spacial score (nSPS) is 27.0. The molecular formula is C31H46F2O5. The van der Waals surface area contributed by atoms with E-state index in [0.717, 1.165) is 49.8 Å². The molecule has 0 heterocycles. The van der Waals surface area contributed by atoms with Gasteiger partial charge in [0.1, 0.15) is 18.0 Å². The van der Waals surface area contributed by atoms with Gasteiger partial charge in [-0.05, 0) is 92.2 Å². The molecule has 1 aromatic carbocycles. The molecule has 0 aliphatic heterocycles. The molecule has 0 radical (unpaired) electrons. The van der Waals surface area contributed by atoms with Gasteiger partial charge in [0.05, 0.1) is 7.11 Å². The molecule has 38 heavy (non-hydrogen) atoms. The third kappa shape index (κ3) is 7.69. The molecule has 2 aliphatic carbocycles. The number of ether oxygens (including phenoxy) is 3. The van der Waals surface area contributed by atoms with E-state index < -0.39 is 24.3 Å². The highest BCUT2D eigenvalue weighted by atomic mass is 19.1. The predicted octanol–water partition coefficient (Wildman–Crippen LogP) is 7.60. The predicted molar refractivity (Wildman–Crippen MR) is 144 cm³/mol. The summed E-state index contributed by atoms with van der Waals surface area (Å²) in [6.45, 7) is 7.20. The average Bonchev–Trinajstić information content (AvgIpc) is 2.95. The Kier molecular flexibility index (Phi) is 11.4. The minimum atomic E-state index is -1.56. The largest absolute Gasteiger partial charge is 0.496 e. The molecule has 0 N–H and O–H groups in total. The topological polar surface area (TPSA) is 61.8 Å². The highest BCUT2D eigenvalue weighted by Gasteiger charge is 2.33. The molecule has 0 spiro atoms. The molecule has 4 atom stereocenters. The molecule has 2 aliphatic rings. The van der Waals surface area contributed by atoms with Crippen molar-refractivity contribution >= 4 is 11.9 Å². The molecule has 5 nitrogen and oxygen atoms in total. The van der Waals surface area contributed by atoms with E-state index in [1.54, 1.807) is 21.0 Å². The number of esters is 2. The van der Waals surface area contributed by atoms with E-state index in [-0.39, 0.29) is 24.0 Å². The molecular weight excluding hydrogens is 490 g/mol. The monoisotopic (exact) mass is 536 g/mol. The smallest absolute Gasteiger partial charge is 0.341 e.